The van der Waals surface area contributed by atoms with Crippen LogP contribution in [-0.2, 0) is 0 Å². The lowest BCUT2D eigenvalue weighted by molar-refractivity contribution is 0.621. The second kappa shape index (κ2) is 5.30. The molecule has 0 aliphatic carbocycles. The van der Waals surface area contributed by atoms with Crippen molar-refractivity contribution in [1.82, 2.24) is 9.97 Å². The van der Waals surface area contributed by atoms with Gasteiger partial charge in [-0.15, -0.1) is 0 Å². The Morgan fingerprint density at radius 3 is 2.53 bits per heavy atom. The Morgan fingerprint density at radius 1 is 1.40 bits per heavy atom. The van der Waals surface area contributed by atoms with Gasteiger partial charge in [0, 0.05) is 12.6 Å². The highest BCUT2D eigenvalue weighted by atomic mass is 15.2. The van der Waals surface area contributed by atoms with E-state index in [4.69, 9.17) is 5.26 Å². The van der Waals surface area contributed by atoms with Gasteiger partial charge in [0.25, 0.3) is 0 Å². The zero-order valence-electron chi connectivity index (χ0n) is 9.44. The Balaban J connectivity index is 2.89. The molecule has 0 aliphatic rings. The second-order valence-electron chi connectivity index (χ2n) is 3.41. The highest BCUT2D eigenvalue weighted by Crippen LogP contribution is 2.13. The van der Waals surface area contributed by atoms with Crippen LogP contribution in [-0.4, -0.2) is 22.6 Å². The van der Waals surface area contributed by atoms with Gasteiger partial charge in [0.1, 0.15) is 11.9 Å². The van der Waals surface area contributed by atoms with Crippen molar-refractivity contribution in [2.24, 2.45) is 0 Å². The van der Waals surface area contributed by atoms with Crippen molar-refractivity contribution in [3.63, 3.8) is 0 Å². The van der Waals surface area contributed by atoms with Gasteiger partial charge in [-0.3, -0.25) is 0 Å². The van der Waals surface area contributed by atoms with Crippen molar-refractivity contribution in [2.75, 3.05) is 11.4 Å². The van der Waals surface area contributed by atoms with Crippen LogP contribution in [0.15, 0.2) is 12.4 Å². The highest BCUT2D eigenvalue weighted by molar-refractivity contribution is 5.38. The normalized spacial score (nSPS) is 11.9. The Hall–Kier alpha value is -1.63. The predicted molar refractivity (Wildman–Crippen MR) is 59.5 cm³/mol. The molecular weight excluding hydrogens is 188 g/mol. The van der Waals surface area contributed by atoms with Crippen molar-refractivity contribution >= 4 is 5.82 Å². The van der Waals surface area contributed by atoms with Crippen molar-refractivity contribution in [2.45, 2.75) is 33.2 Å². The molecule has 4 heteroatoms. The van der Waals surface area contributed by atoms with Gasteiger partial charge >= 0.3 is 0 Å². The Labute approximate surface area is 90.6 Å². The average Bonchev–Trinajstić information content (AvgIpc) is 2.30. The lowest BCUT2D eigenvalue weighted by Crippen LogP contribution is -2.33. The molecular formula is C11H16N4. The largest absolute Gasteiger partial charge is 0.353 e. The van der Waals surface area contributed by atoms with Gasteiger partial charge in [-0.05, 0) is 20.3 Å². The first-order chi connectivity index (χ1) is 7.22. The summed E-state index contributed by atoms with van der Waals surface area (Å²) in [6.07, 6.45) is 4.24. The van der Waals surface area contributed by atoms with Crippen molar-refractivity contribution in [3.8, 4) is 6.07 Å². The summed E-state index contributed by atoms with van der Waals surface area (Å²) in [6.45, 7) is 7.29. The van der Waals surface area contributed by atoms with Crippen molar-refractivity contribution in [3.05, 3.63) is 18.1 Å². The maximum atomic E-state index is 8.61. The Morgan fingerprint density at radius 2 is 2.13 bits per heavy atom. The van der Waals surface area contributed by atoms with E-state index in [9.17, 15) is 0 Å². The molecule has 0 saturated carbocycles. The third-order valence-corrected chi connectivity index (χ3v) is 2.51. The fraction of sp³-hybridized carbons (Fsp3) is 0.545. The molecule has 0 saturated heterocycles. The van der Waals surface area contributed by atoms with Crippen LogP contribution >= 0.6 is 0 Å². The topological polar surface area (TPSA) is 52.8 Å². The van der Waals surface area contributed by atoms with E-state index in [2.05, 4.69) is 35.6 Å². The minimum absolute atomic E-state index is 0.360. The quantitative estimate of drug-likeness (QED) is 0.752. The van der Waals surface area contributed by atoms with E-state index < -0.39 is 0 Å². The molecule has 80 valence electrons. The smallest absolute Gasteiger partial charge is 0.158 e. The van der Waals surface area contributed by atoms with Crippen LogP contribution in [0.3, 0.4) is 0 Å². The number of nitrogens with zero attached hydrogens (tertiary/aromatic N) is 4. The van der Waals surface area contributed by atoms with Crippen LogP contribution in [0.2, 0.25) is 0 Å². The monoisotopic (exact) mass is 204 g/mol. The summed E-state index contributed by atoms with van der Waals surface area (Å²) in [6, 6.07) is 2.40. The van der Waals surface area contributed by atoms with Gasteiger partial charge in [-0.2, -0.15) is 5.26 Å². The van der Waals surface area contributed by atoms with E-state index in [1.54, 1.807) is 6.20 Å². The Kier molecular flexibility index (Phi) is 4.04. The standard InChI is InChI=1S/C11H16N4/c1-4-9(3)15(5-2)11-8-13-10(6-12)7-14-11/h7-9H,4-5H2,1-3H3. The average molecular weight is 204 g/mol. The van der Waals surface area contributed by atoms with Crippen LogP contribution in [0.5, 0.6) is 0 Å². The van der Waals surface area contributed by atoms with E-state index in [-0.39, 0.29) is 0 Å². The Bertz CT molecular complexity index is 339. The predicted octanol–water partition coefficient (Wildman–Crippen LogP) is 1.97. The minimum atomic E-state index is 0.360. The maximum Gasteiger partial charge on any atom is 0.158 e. The number of rotatable bonds is 4. The first kappa shape index (κ1) is 11.4. The van der Waals surface area contributed by atoms with Gasteiger partial charge < -0.3 is 4.90 Å². The third kappa shape index (κ3) is 2.66. The van der Waals surface area contributed by atoms with Crippen molar-refractivity contribution in [1.29, 1.82) is 5.26 Å². The molecule has 0 fully saturated rings. The van der Waals surface area contributed by atoms with Gasteiger partial charge in [0.15, 0.2) is 5.69 Å². The summed E-state index contributed by atoms with van der Waals surface area (Å²) >= 11 is 0. The van der Waals surface area contributed by atoms with E-state index in [1.165, 1.54) is 6.20 Å². The SMILES string of the molecule is CCC(C)N(CC)c1cnc(C#N)cn1. The molecule has 0 N–H and O–H groups in total. The number of nitriles is 1. The summed E-state index contributed by atoms with van der Waals surface area (Å²) in [5.74, 6) is 0.839. The zero-order chi connectivity index (χ0) is 11.3. The van der Waals surface area contributed by atoms with Crippen molar-refractivity contribution < 1.29 is 0 Å². The van der Waals surface area contributed by atoms with Gasteiger partial charge in [0.05, 0.1) is 12.4 Å². The van der Waals surface area contributed by atoms with Crippen LogP contribution < -0.4 is 4.90 Å². The summed E-state index contributed by atoms with van der Waals surface area (Å²) in [4.78, 5) is 10.4. The molecule has 0 bridgehead atoms. The first-order valence-electron chi connectivity index (χ1n) is 5.21. The molecule has 1 unspecified atom stereocenters. The number of hydrogen-bond donors (Lipinski definition) is 0. The van der Waals surface area contributed by atoms with Crippen LogP contribution in [0, 0.1) is 11.3 Å². The molecule has 4 nitrogen and oxygen atoms in total. The van der Waals surface area contributed by atoms with E-state index in [0.29, 0.717) is 11.7 Å². The first-order valence-corrected chi connectivity index (χ1v) is 5.21. The lowest BCUT2D eigenvalue weighted by atomic mass is 10.2. The highest BCUT2D eigenvalue weighted by Gasteiger charge is 2.12. The molecule has 0 aromatic carbocycles. The maximum absolute atomic E-state index is 8.61. The number of anilines is 1. The number of aromatic nitrogens is 2. The van der Waals surface area contributed by atoms with E-state index in [0.717, 1.165) is 18.8 Å². The van der Waals surface area contributed by atoms with E-state index in [1.807, 2.05) is 6.07 Å². The van der Waals surface area contributed by atoms with Crippen LogP contribution in [0.25, 0.3) is 0 Å². The second-order valence-corrected chi connectivity index (χ2v) is 3.41. The van der Waals surface area contributed by atoms with Crippen LogP contribution in [0.4, 0.5) is 5.82 Å². The fourth-order valence-electron chi connectivity index (χ4n) is 1.45. The number of hydrogen-bond acceptors (Lipinski definition) is 4. The molecule has 0 spiro atoms. The molecule has 0 radical (unpaired) electrons. The molecule has 0 amide bonds. The van der Waals surface area contributed by atoms with Crippen LogP contribution in [0.1, 0.15) is 32.9 Å². The molecule has 1 rings (SSSR count). The molecule has 1 aromatic heterocycles. The molecule has 1 aromatic rings. The lowest BCUT2D eigenvalue weighted by Gasteiger charge is -2.27. The van der Waals surface area contributed by atoms with Gasteiger partial charge in [-0.1, -0.05) is 6.92 Å². The zero-order valence-corrected chi connectivity index (χ0v) is 9.44. The fourth-order valence-corrected chi connectivity index (χ4v) is 1.45. The summed E-state index contributed by atoms with van der Waals surface area (Å²) in [5, 5.41) is 8.61. The van der Waals surface area contributed by atoms with Gasteiger partial charge in [-0.25, -0.2) is 9.97 Å². The molecule has 15 heavy (non-hydrogen) atoms. The van der Waals surface area contributed by atoms with E-state index >= 15 is 0 Å². The molecule has 1 heterocycles. The summed E-state index contributed by atoms with van der Waals surface area (Å²) < 4.78 is 0. The minimum Gasteiger partial charge on any atom is -0.353 e. The summed E-state index contributed by atoms with van der Waals surface area (Å²) in [5.41, 5.74) is 0.360. The van der Waals surface area contributed by atoms with Gasteiger partial charge in [0.2, 0.25) is 0 Å². The molecule has 1 atom stereocenters. The third-order valence-electron chi connectivity index (χ3n) is 2.51. The molecule has 0 aliphatic heterocycles. The summed E-state index contributed by atoms with van der Waals surface area (Å²) in [7, 11) is 0.